The van der Waals surface area contributed by atoms with Gasteiger partial charge in [0.2, 0.25) is 0 Å². The lowest BCUT2D eigenvalue weighted by molar-refractivity contribution is 0.626. The summed E-state index contributed by atoms with van der Waals surface area (Å²) in [4.78, 5) is 0. The second kappa shape index (κ2) is 4.00. The Morgan fingerprint density at radius 2 is 2.00 bits per heavy atom. The zero-order valence-corrected chi connectivity index (χ0v) is 7.05. The highest BCUT2D eigenvalue weighted by Crippen LogP contribution is 2.17. The molecule has 1 aromatic carbocycles. The van der Waals surface area contributed by atoms with Gasteiger partial charge in [0.05, 0.1) is 0 Å². The minimum atomic E-state index is -0.208. The molecule has 0 saturated heterocycles. The molecule has 0 spiro atoms. The Bertz CT molecular complexity index is 253. The average molecular weight is 165 g/mol. The molecule has 1 nitrogen and oxygen atoms in total. The molecular formula is C10H12FN. The van der Waals surface area contributed by atoms with Crippen molar-refractivity contribution in [2.45, 2.75) is 19.3 Å². The van der Waals surface area contributed by atoms with Crippen LogP contribution >= 0.6 is 0 Å². The van der Waals surface area contributed by atoms with Gasteiger partial charge < -0.3 is 5.41 Å². The third-order valence-corrected chi connectivity index (χ3v) is 1.91. The molecule has 64 valence electrons. The third kappa shape index (κ3) is 2.16. The zero-order chi connectivity index (χ0) is 8.97. The van der Waals surface area contributed by atoms with E-state index in [0.29, 0.717) is 12.3 Å². The summed E-state index contributed by atoms with van der Waals surface area (Å²) in [6.45, 7) is 2.03. The fourth-order valence-corrected chi connectivity index (χ4v) is 1.10. The van der Waals surface area contributed by atoms with Crippen LogP contribution in [0.15, 0.2) is 24.3 Å². The first kappa shape index (κ1) is 8.91. The van der Waals surface area contributed by atoms with Crippen molar-refractivity contribution >= 4 is 6.21 Å². The third-order valence-electron chi connectivity index (χ3n) is 1.91. The van der Waals surface area contributed by atoms with Crippen LogP contribution in [0.1, 0.15) is 24.8 Å². The van der Waals surface area contributed by atoms with Gasteiger partial charge in [-0.25, -0.2) is 4.39 Å². The first-order chi connectivity index (χ1) is 5.74. The molecule has 1 atom stereocenters. The number of hydrogen-bond donors (Lipinski definition) is 1. The molecule has 0 radical (unpaired) electrons. The topological polar surface area (TPSA) is 23.9 Å². The fraction of sp³-hybridized carbons (Fsp3) is 0.300. The smallest absolute Gasteiger partial charge is 0.123 e. The Labute approximate surface area is 71.7 Å². The molecule has 0 saturated carbocycles. The van der Waals surface area contributed by atoms with Gasteiger partial charge in [0.1, 0.15) is 5.82 Å². The summed E-state index contributed by atoms with van der Waals surface area (Å²) in [5.41, 5.74) is 1.08. The molecule has 0 aliphatic carbocycles. The number of rotatable bonds is 3. The van der Waals surface area contributed by atoms with Gasteiger partial charge in [0.15, 0.2) is 0 Å². The van der Waals surface area contributed by atoms with Crippen LogP contribution in [0.25, 0.3) is 0 Å². The van der Waals surface area contributed by atoms with Crippen molar-refractivity contribution in [3.8, 4) is 0 Å². The highest BCUT2D eigenvalue weighted by molar-refractivity contribution is 5.54. The monoisotopic (exact) mass is 165 g/mol. The SMILES string of the molecule is C[C@@H](CC=N)c1ccc(F)cc1. The fourth-order valence-electron chi connectivity index (χ4n) is 1.10. The lowest BCUT2D eigenvalue weighted by Gasteiger charge is -2.07. The summed E-state index contributed by atoms with van der Waals surface area (Å²) in [6.07, 6.45) is 2.10. The maximum atomic E-state index is 12.5. The van der Waals surface area contributed by atoms with E-state index in [0.717, 1.165) is 5.56 Å². The van der Waals surface area contributed by atoms with Crippen LogP contribution in [0.2, 0.25) is 0 Å². The molecule has 0 aliphatic heterocycles. The lowest BCUT2D eigenvalue weighted by atomic mass is 9.99. The predicted molar refractivity (Wildman–Crippen MR) is 48.2 cm³/mol. The maximum Gasteiger partial charge on any atom is 0.123 e. The van der Waals surface area contributed by atoms with Crippen molar-refractivity contribution in [3.05, 3.63) is 35.6 Å². The van der Waals surface area contributed by atoms with Crippen molar-refractivity contribution in [3.63, 3.8) is 0 Å². The molecule has 0 aromatic heterocycles. The van der Waals surface area contributed by atoms with E-state index in [9.17, 15) is 4.39 Å². The van der Waals surface area contributed by atoms with Crippen molar-refractivity contribution in [1.82, 2.24) is 0 Å². The van der Waals surface area contributed by atoms with E-state index >= 15 is 0 Å². The molecule has 1 N–H and O–H groups in total. The van der Waals surface area contributed by atoms with Crippen LogP contribution in [0.4, 0.5) is 4.39 Å². The first-order valence-electron chi connectivity index (χ1n) is 3.98. The summed E-state index contributed by atoms with van der Waals surface area (Å²) >= 11 is 0. The van der Waals surface area contributed by atoms with Crippen molar-refractivity contribution in [2.75, 3.05) is 0 Å². The average Bonchev–Trinajstić information content (AvgIpc) is 2.06. The summed E-state index contributed by atoms with van der Waals surface area (Å²) in [7, 11) is 0. The van der Waals surface area contributed by atoms with Crippen LogP contribution < -0.4 is 0 Å². The zero-order valence-electron chi connectivity index (χ0n) is 7.05. The van der Waals surface area contributed by atoms with Gasteiger partial charge in [0.25, 0.3) is 0 Å². The molecule has 0 fully saturated rings. The maximum absolute atomic E-state index is 12.5. The van der Waals surface area contributed by atoms with Gasteiger partial charge in [-0.2, -0.15) is 0 Å². The van der Waals surface area contributed by atoms with E-state index in [1.165, 1.54) is 18.3 Å². The minimum Gasteiger partial charge on any atom is -0.313 e. The summed E-state index contributed by atoms with van der Waals surface area (Å²) < 4.78 is 12.5. The molecule has 0 heterocycles. The lowest BCUT2D eigenvalue weighted by Crippen LogP contribution is -1.93. The van der Waals surface area contributed by atoms with E-state index in [1.54, 1.807) is 12.1 Å². The Balaban J connectivity index is 2.74. The van der Waals surface area contributed by atoms with E-state index < -0.39 is 0 Å². The van der Waals surface area contributed by atoms with E-state index in [2.05, 4.69) is 0 Å². The van der Waals surface area contributed by atoms with Gasteiger partial charge in [-0.05, 0) is 36.2 Å². The van der Waals surface area contributed by atoms with Gasteiger partial charge in [-0.1, -0.05) is 19.1 Å². The molecule has 0 aliphatic rings. The van der Waals surface area contributed by atoms with Crippen LogP contribution in [0.3, 0.4) is 0 Å². The molecule has 2 heteroatoms. The molecular weight excluding hydrogens is 153 g/mol. The standard InChI is InChI=1S/C10H12FN/c1-8(6-7-12)9-2-4-10(11)5-3-9/h2-5,7-8,12H,6H2,1H3/t8-/m0/s1. The van der Waals surface area contributed by atoms with Gasteiger partial charge in [0, 0.05) is 0 Å². The van der Waals surface area contributed by atoms with E-state index in [4.69, 9.17) is 5.41 Å². The molecule has 0 amide bonds. The first-order valence-corrected chi connectivity index (χ1v) is 3.98. The Morgan fingerprint density at radius 3 is 2.50 bits per heavy atom. The van der Waals surface area contributed by atoms with Crippen molar-refractivity contribution in [2.24, 2.45) is 0 Å². The van der Waals surface area contributed by atoms with Gasteiger partial charge >= 0.3 is 0 Å². The van der Waals surface area contributed by atoms with E-state index in [1.807, 2.05) is 6.92 Å². The number of nitrogens with one attached hydrogen (secondary N) is 1. The van der Waals surface area contributed by atoms with Crippen molar-refractivity contribution < 1.29 is 4.39 Å². The Morgan fingerprint density at radius 1 is 1.42 bits per heavy atom. The Hall–Kier alpha value is -1.18. The van der Waals surface area contributed by atoms with E-state index in [-0.39, 0.29) is 5.82 Å². The molecule has 12 heavy (non-hydrogen) atoms. The predicted octanol–water partition coefficient (Wildman–Crippen LogP) is 2.97. The van der Waals surface area contributed by atoms with Crippen LogP contribution in [0, 0.1) is 11.2 Å². The second-order valence-electron chi connectivity index (χ2n) is 2.89. The van der Waals surface area contributed by atoms with Crippen molar-refractivity contribution in [1.29, 1.82) is 5.41 Å². The van der Waals surface area contributed by atoms with Crippen LogP contribution in [-0.2, 0) is 0 Å². The number of hydrogen-bond acceptors (Lipinski definition) is 1. The minimum absolute atomic E-state index is 0.208. The van der Waals surface area contributed by atoms with Gasteiger partial charge in [-0.15, -0.1) is 0 Å². The molecule has 0 unspecified atom stereocenters. The number of benzene rings is 1. The summed E-state index contributed by atoms with van der Waals surface area (Å²) in [6, 6.07) is 6.44. The van der Waals surface area contributed by atoms with Gasteiger partial charge in [-0.3, -0.25) is 0 Å². The highest BCUT2D eigenvalue weighted by Gasteiger charge is 2.02. The quantitative estimate of drug-likeness (QED) is 0.666. The molecule has 1 aromatic rings. The number of halogens is 1. The summed E-state index contributed by atoms with van der Waals surface area (Å²) in [5, 5.41) is 6.93. The Kier molecular flexibility index (Phi) is 2.97. The second-order valence-corrected chi connectivity index (χ2v) is 2.89. The molecule has 1 rings (SSSR count). The normalized spacial score (nSPS) is 12.5. The largest absolute Gasteiger partial charge is 0.313 e. The summed E-state index contributed by atoms with van der Waals surface area (Å²) in [5.74, 6) is 0.101. The highest BCUT2D eigenvalue weighted by atomic mass is 19.1. The van der Waals surface area contributed by atoms with Crippen LogP contribution in [0.5, 0.6) is 0 Å². The molecule has 0 bridgehead atoms. The van der Waals surface area contributed by atoms with Crippen LogP contribution in [-0.4, -0.2) is 6.21 Å².